The molecule has 0 aromatic heterocycles. The first-order chi connectivity index (χ1) is 8.59. The van der Waals surface area contributed by atoms with Gasteiger partial charge in [0.1, 0.15) is 0 Å². The maximum atomic E-state index is 2.37. The molecular weight excluding hydrogens is 378 g/mol. The number of halogens is 2. The molecule has 21 heavy (non-hydrogen) atoms. The van der Waals surface area contributed by atoms with E-state index in [9.17, 15) is 0 Å². The summed E-state index contributed by atoms with van der Waals surface area (Å²) in [6.45, 7) is 8.68. The van der Waals surface area contributed by atoms with E-state index in [1.165, 1.54) is 41.5 Å². The predicted octanol–water partition coefficient (Wildman–Crippen LogP) is -0.868. The van der Waals surface area contributed by atoms with Gasteiger partial charge in [0, 0.05) is 0 Å². The Kier molecular flexibility index (Phi) is 12.1. The van der Waals surface area contributed by atoms with Crippen molar-refractivity contribution in [3.05, 3.63) is 58.5 Å². The summed E-state index contributed by atoms with van der Waals surface area (Å²) < 4.78 is 0. The van der Waals surface area contributed by atoms with Crippen LogP contribution in [-0.4, -0.2) is 0 Å². The Labute approximate surface area is 161 Å². The molecule has 0 radical (unpaired) electrons. The van der Waals surface area contributed by atoms with Gasteiger partial charge in [0.2, 0.25) is 0 Å². The molecule has 0 saturated heterocycles. The van der Waals surface area contributed by atoms with Crippen LogP contribution >= 0.6 is 0 Å². The SMILES string of the molecule is C1=CCC2CC[CH-]C2=C1.Cc1c[c-](C)c(C)c1C.[Cl-].[Cl-].[Zr+4]. The van der Waals surface area contributed by atoms with Crippen LogP contribution < -0.4 is 24.8 Å². The molecule has 0 bridgehead atoms. The van der Waals surface area contributed by atoms with Crippen LogP contribution in [0.25, 0.3) is 0 Å². The quantitative estimate of drug-likeness (QED) is 0.495. The molecule has 1 aromatic rings. The summed E-state index contributed by atoms with van der Waals surface area (Å²) in [5, 5.41) is 0. The molecule has 1 atom stereocenters. The molecule has 0 nitrogen and oxygen atoms in total. The van der Waals surface area contributed by atoms with Gasteiger partial charge in [0.05, 0.1) is 0 Å². The van der Waals surface area contributed by atoms with Gasteiger partial charge in [-0.05, 0) is 12.3 Å². The molecule has 0 spiro atoms. The average Bonchev–Trinajstić information content (AvgIpc) is 2.92. The Balaban J connectivity index is 0. The summed E-state index contributed by atoms with van der Waals surface area (Å²) in [6.07, 6.45) is 13.0. The smallest absolute Gasteiger partial charge is 1.00 e. The van der Waals surface area contributed by atoms with Gasteiger partial charge in [-0.1, -0.05) is 34.1 Å². The van der Waals surface area contributed by atoms with Gasteiger partial charge in [0.25, 0.3) is 0 Å². The van der Waals surface area contributed by atoms with Crippen molar-refractivity contribution in [2.24, 2.45) is 5.92 Å². The zero-order chi connectivity index (χ0) is 13.1. The van der Waals surface area contributed by atoms with Crippen LogP contribution in [0.3, 0.4) is 0 Å². The molecule has 114 valence electrons. The van der Waals surface area contributed by atoms with Crippen LogP contribution in [0.2, 0.25) is 0 Å². The minimum Gasteiger partial charge on any atom is -1.00 e. The van der Waals surface area contributed by atoms with E-state index in [1.807, 2.05) is 0 Å². The number of allylic oxidation sites excluding steroid dienone is 4. The minimum absolute atomic E-state index is 0. The fraction of sp³-hybridized carbons (Fsp3) is 0.444. The van der Waals surface area contributed by atoms with Crippen molar-refractivity contribution in [2.45, 2.75) is 47.0 Å². The minimum atomic E-state index is 0. The fourth-order valence-electron chi connectivity index (χ4n) is 2.80. The van der Waals surface area contributed by atoms with Crippen molar-refractivity contribution < 1.29 is 51.0 Å². The Morgan fingerprint density at radius 3 is 2.29 bits per heavy atom. The van der Waals surface area contributed by atoms with Crippen molar-refractivity contribution >= 4 is 0 Å². The van der Waals surface area contributed by atoms with E-state index in [2.05, 4.69) is 58.4 Å². The third-order valence-corrected chi connectivity index (χ3v) is 4.39. The molecule has 0 amide bonds. The number of fused-ring (bicyclic) bond motifs is 1. The molecule has 1 unspecified atom stereocenters. The number of aryl methyl sites for hydroxylation is 2. The second-order valence-electron chi connectivity index (χ2n) is 5.57. The second kappa shape index (κ2) is 10.8. The van der Waals surface area contributed by atoms with Crippen LogP contribution in [0.15, 0.2) is 29.9 Å². The predicted molar refractivity (Wildman–Crippen MR) is 79.8 cm³/mol. The summed E-state index contributed by atoms with van der Waals surface area (Å²) in [4.78, 5) is 0. The van der Waals surface area contributed by atoms with Gasteiger partial charge >= 0.3 is 26.2 Å². The second-order valence-corrected chi connectivity index (χ2v) is 5.57. The molecule has 0 heterocycles. The molecule has 1 saturated carbocycles. The third kappa shape index (κ3) is 6.05. The zero-order valence-electron chi connectivity index (χ0n) is 13.3. The Bertz CT molecular complexity index is 461. The molecule has 0 aliphatic heterocycles. The summed E-state index contributed by atoms with van der Waals surface area (Å²) in [5.41, 5.74) is 7.33. The first-order valence-electron chi connectivity index (χ1n) is 6.99. The summed E-state index contributed by atoms with van der Waals surface area (Å²) in [7, 11) is 0. The first kappa shape index (κ1) is 23.4. The number of rotatable bonds is 0. The molecular formula is C18H24Cl2Zr. The van der Waals surface area contributed by atoms with E-state index < -0.39 is 0 Å². The Morgan fingerprint density at radius 1 is 1.19 bits per heavy atom. The van der Waals surface area contributed by atoms with Gasteiger partial charge in [0.15, 0.2) is 0 Å². The van der Waals surface area contributed by atoms with Crippen LogP contribution in [-0.2, 0) is 26.2 Å². The maximum Gasteiger partial charge on any atom is 4.00 e. The van der Waals surface area contributed by atoms with E-state index in [1.54, 1.807) is 5.57 Å². The van der Waals surface area contributed by atoms with E-state index in [4.69, 9.17) is 0 Å². The monoisotopic (exact) mass is 400 g/mol. The Morgan fingerprint density at radius 2 is 1.86 bits per heavy atom. The van der Waals surface area contributed by atoms with Crippen molar-refractivity contribution in [3.63, 3.8) is 0 Å². The molecule has 2 aliphatic rings. The maximum absolute atomic E-state index is 2.37. The largest absolute Gasteiger partial charge is 4.00 e. The van der Waals surface area contributed by atoms with Crippen molar-refractivity contribution in [2.75, 3.05) is 0 Å². The van der Waals surface area contributed by atoms with E-state index in [-0.39, 0.29) is 51.0 Å². The van der Waals surface area contributed by atoms with Crippen LogP contribution in [0, 0.1) is 40.0 Å². The van der Waals surface area contributed by atoms with Gasteiger partial charge in [-0.2, -0.15) is 28.3 Å². The first-order valence-corrected chi connectivity index (χ1v) is 6.99. The zero-order valence-corrected chi connectivity index (χ0v) is 17.3. The van der Waals surface area contributed by atoms with Crippen molar-refractivity contribution in [1.29, 1.82) is 0 Å². The molecule has 1 aromatic carbocycles. The Hall–Kier alpha value is 0.163. The van der Waals surface area contributed by atoms with Crippen LogP contribution in [0.5, 0.6) is 0 Å². The number of hydrogen-bond donors (Lipinski definition) is 0. The standard InChI is InChI=1S/C9H11.C9H13.2ClH.Zr/c1-2-5-9-7-3-6-8(9)4-1;1-6-5-7(2)9(4)8(6)3;;;/h1-2,4,6,9H,3,5,7H2;5H,1-4H3;2*1H;/q2*-1;;;+4/p-2. The van der Waals surface area contributed by atoms with Gasteiger partial charge in [-0.3, -0.25) is 0 Å². The normalized spacial score (nSPS) is 17.7. The topological polar surface area (TPSA) is 0 Å². The molecule has 0 N–H and O–H groups in total. The van der Waals surface area contributed by atoms with E-state index in [0.717, 1.165) is 5.92 Å². The summed E-state index contributed by atoms with van der Waals surface area (Å²) in [5.74, 6) is 0.884. The van der Waals surface area contributed by atoms with Crippen LogP contribution in [0.4, 0.5) is 0 Å². The summed E-state index contributed by atoms with van der Waals surface area (Å²) >= 11 is 0. The average molecular weight is 403 g/mol. The van der Waals surface area contributed by atoms with Gasteiger partial charge in [-0.15, -0.1) is 18.6 Å². The van der Waals surface area contributed by atoms with Gasteiger partial charge < -0.3 is 24.8 Å². The van der Waals surface area contributed by atoms with E-state index >= 15 is 0 Å². The molecule has 1 fully saturated rings. The van der Waals surface area contributed by atoms with Crippen LogP contribution in [0.1, 0.15) is 41.5 Å². The van der Waals surface area contributed by atoms with E-state index in [0.29, 0.717) is 0 Å². The number of hydrogen-bond acceptors (Lipinski definition) is 0. The van der Waals surface area contributed by atoms with Crippen molar-refractivity contribution in [1.82, 2.24) is 0 Å². The molecule has 2 aliphatic carbocycles. The molecule has 3 heteroatoms. The third-order valence-electron chi connectivity index (χ3n) is 4.39. The summed E-state index contributed by atoms with van der Waals surface area (Å²) in [6, 6.07) is 2.24. The molecule has 3 rings (SSSR count). The van der Waals surface area contributed by atoms with Crippen molar-refractivity contribution in [3.8, 4) is 0 Å². The fourth-order valence-corrected chi connectivity index (χ4v) is 2.80. The van der Waals surface area contributed by atoms with Gasteiger partial charge in [-0.25, -0.2) is 18.1 Å².